The van der Waals surface area contributed by atoms with Gasteiger partial charge in [-0.3, -0.25) is 0 Å². The standard InChI is InChI=1S/C21H18F7NO2/c1-30-14-8-6-13(7-9-14)12-29-16-4-3-5-17(31-2)15(16)10-11-18(29)19(22,20(23,24)25)21(26,27)28/h3-11,18H,12H2,1-2H3. The van der Waals surface area contributed by atoms with Crippen LogP contribution in [0.3, 0.4) is 0 Å². The second kappa shape index (κ2) is 7.97. The van der Waals surface area contributed by atoms with Gasteiger partial charge in [-0.05, 0) is 29.8 Å². The second-order valence-electron chi connectivity index (χ2n) is 6.88. The van der Waals surface area contributed by atoms with E-state index in [0.717, 1.165) is 11.0 Å². The third-order valence-corrected chi connectivity index (χ3v) is 5.10. The van der Waals surface area contributed by atoms with Gasteiger partial charge in [0.05, 0.1) is 14.2 Å². The van der Waals surface area contributed by atoms with Crippen LogP contribution in [0.1, 0.15) is 11.1 Å². The molecular formula is C21H18F7NO2. The summed E-state index contributed by atoms with van der Waals surface area (Å²) in [5.74, 6) is 0.682. The third-order valence-electron chi connectivity index (χ3n) is 5.10. The molecule has 0 bridgehead atoms. The van der Waals surface area contributed by atoms with E-state index in [1.165, 1.54) is 56.7 Å². The van der Waals surface area contributed by atoms with Gasteiger partial charge in [-0.1, -0.05) is 30.4 Å². The number of rotatable bonds is 5. The average Bonchev–Trinajstić information content (AvgIpc) is 2.71. The molecule has 10 heteroatoms. The fraction of sp³-hybridized carbons (Fsp3) is 0.333. The average molecular weight is 449 g/mol. The van der Waals surface area contributed by atoms with Crippen molar-refractivity contribution >= 4 is 11.8 Å². The molecule has 0 saturated carbocycles. The highest BCUT2D eigenvalue weighted by Crippen LogP contribution is 2.52. The number of fused-ring (bicyclic) bond motifs is 1. The predicted molar refractivity (Wildman–Crippen MR) is 101 cm³/mol. The van der Waals surface area contributed by atoms with Crippen molar-refractivity contribution in [2.45, 2.75) is 30.6 Å². The molecule has 0 N–H and O–H groups in total. The van der Waals surface area contributed by atoms with Crippen LogP contribution >= 0.6 is 0 Å². The zero-order chi connectivity index (χ0) is 23.0. The molecule has 0 amide bonds. The fourth-order valence-electron chi connectivity index (χ4n) is 3.52. The summed E-state index contributed by atoms with van der Waals surface area (Å²) in [6.07, 6.45) is -10.8. The number of alkyl halides is 7. The molecule has 31 heavy (non-hydrogen) atoms. The Morgan fingerprint density at radius 1 is 0.839 bits per heavy atom. The van der Waals surface area contributed by atoms with Crippen LogP contribution in [0.25, 0.3) is 6.08 Å². The van der Waals surface area contributed by atoms with E-state index in [-0.39, 0.29) is 17.0 Å². The van der Waals surface area contributed by atoms with E-state index >= 15 is 4.39 Å². The van der Waals surface area contributed by atoms with E-state index < -0.39 is 30.6 Å². The summed E-state index contributed by atoms with van der Waals surface area (Å²) in [6, 6.07) is 7.53. The number of anilines is 1. The summed E-state index contributed by atoms with van der Waals surface area (Å²) >= 11 is 0. The van der Waals surface area contributed by atoms with Crippen molar-refractivity contribution in [2.75, 3.05) is 19.1 Å². The van der Waals surface area contributed by atoms with Gasteiger partial charge in [0.2, 0.25) is 0 Å². The maximum absolute atomic E-state index is 15.0. The molecule has 0 spiro atoms. The first-order valence-electron chi connectivity index (χ1n) is 9.01. The Morgan fingerprint density at radius 3 is 1.97 bits per heavy atom. The molecule has 2 aromatic carbocycles. The smallest absolute Gasteiger partial charge is 0.434 e. The summed E-state index contributed by atoms with van der Waals surface area (Å²) in [6.45, 7) is -0.420. The summed E-state index contributed by atoms with van der Waals surface area (Å²) < 4.78 is 106. The van der Waals surface area contributed by atoms with Crippen LogP contribution in [0.15, 0.2) is 48.5 Å². The Hall–Kier alpha value is -2.91. The van der Waals surface area contributed by atoms with Gasteiger partial charge >= 0.3 is 18.0 Å². The number of methoxy groups -OCH3 is 2. The molecule has 0 aliphatic carbocycles. The van der Waals surface area contributed by atoms with Crippen molar-refractivity contribution in [3.63, 3.8) is 0 Å². The van der Waals surface area contributed by atoms with Crippen molar-refractivity contribution < 1.29 is 40.2 Å². The lowest BCUT2D eigenvalue weighted by atomic mass is 9.88. The van der Waals surface area contributed by atoms with Gasteiger partial charge in [0.25, 0.3) is 0 Å². The molecule has 1 aliphatic heterocycles. The second-order valence-corrected chi connectivity index (χ2v) is 6.88. The van der Waals surface area contributed by atoms with Crippen molar-refractivity contribution in [3.8, 4) is 11.5 Å². The first kappa shape index (κ1) is 22.8. The number of hydrogen-bond donors (Lipinski definition) is 0. The number of ether oxygens (including phenoxy) is 2. The molecule has 3 nitrogen and oxygen atoms in total. The Bertz CT molecular complexity index is 938. The Morgan fingerprint density at radius 2 is 1.45 bits per heavy atom. The van der Waals surface area contributed by atoms with Gasteiger partial charge in [0.15, 0.2) is 0 Å². The molecule has 2 aromatic rings. The molecule has 0 aromatic heterocycles. The number of benzene rings is 2. The van der Waals surface area contributed by atoms with E-state index in [1.807, 2.05) is 0 Å². The van der Waals surface area contributed by atoms with Crippen LogP contribution in [0.4, 0.5) is 36.4 Å². The van der Waals surface area contributed by atoms with Crippen LogP contribution in [-0.4, -0.2) is 38.3 Å². The monoisotopic (exact) mass is 449 g/mol. The molecule has 3 rings (SSSR count). The van der Waals surface area contributed by atoms with Crippen molar-refractivity contribution in [3.05, 3.63) is 59.7 Å². The predicted octanol–water partition coefficient (Wildman–Crippen LogP) is 5.94. The van der Waals surface area contributed by atoms with E-state index in [0.29, 0.717) is 17.4 Å². The zero-order valence-corrected chi connectivity index (χ0v) is 16.4. The molecule has 0 radical (unpaired) electrons. The summed E-state index contributed by atoms with van der Waals surface area (Å²) in [5, 5.41) is 0. The summed E-state index contributed by atoms with van der Waals surface area (Å²) in [5.41, 5.74) is -4.90. The summed E-state index contributed by atoms with van der Waals surface area (Å²) in [7, 11) is 2.72. The lowest BCUT2D eigenvalue weighted by Gasteiger charge is -2.44. The first-order chi connectivity index (χ1) is 14.4. The zero-order valence-electron chi connectivity index (χ0n) is 16.4. The normalized spacial score (nSPS) is 16.8. The number of halogens is 7. The molecule has 1 atom stereocenters. The van der Waals surface area contributed by atoms with Gasteiger partial charge in [0, 0.05) is 17.8 Å². The van der Waals surface area contributed by atoms with Gasteiger partial charge in [-0.25, -0.2) is 4.39 Å². The van der Waals surface area contributed by atoms with E-state index in [2.05, 4.69) is 0 Å². The minimum absolute atomic E-state index is 0.0156. The topological polar surface area (TPSA) is 21.7 Å². The minimum atomic E-state index is -6.20. The fourth-order valence-corrected chi connectivity index (χ4v) is 3.52. The van der Waals surface area contributed by atoms with Crippen LogP contribution < -0.4 is 14.4 Å². The van der Waals surface area contributed by atoms with Gasteiger partial charge in [-0.15, -0.1) is 0 Å². The quantitative estimate of drug-likeness (QED) is 0.528. The van der Waals surface area contributed by atoms with Crippen molar-refractivity contribution in [2.24, 2.45) is 0 Å². The highest BCUT2D eigenvalue weighted by Gasteiger charge is 2.76. The molecule has 168 valence electrons. The number of nitrogens with zero attached hydrogens (tertiary/aromatic N) is 1. The molecule has 0 fully saturated rings. The maximum atomic E-state index is 15.0. The lowest BCUT2D eigenvalue weighted by Crippen LogP contribution is -2.65. The van der Waals surface area contributed by atoms with E-state index in [9.17, 15) is 26.3 Å². The third kappa shape index (κ3) is 3.90. The van der Waals surface area contributed by atoms with E-state index in [1.54, 1.807) is 0 Å². The molecule has 1 aliphatic rings. The Labute approximate surface area is 173 Å². The van der Waals surface area contributed by atoms with Gasteiger partial charge in [0.1, 0.15) is 17.5 Å². The SMILES string of the molecule is COc1ccc(CN2c3cccc(OC)c3C=CC2C(F)(C(F)(F)F)C(F)(F)F)cc1. The van der Waals surface area contributed by atoms with Gasteiger partial charge < -0.3 is 14.4 Å². The van der Waals surface area contributed by atoms with Crippen LogP contribution in [-0.2, 0) is 6.54 Å². The minimum Gasteiger partial charge on any atom is -0.497 e. The summed E-state index contributed by atoms with van der Waals surface area (Å²) in [4.78, 5) is 0.751. The Kier molecular flexibility index (Phi) is 5.86. The van der Waals surface area contributed by atoms with E-state index in [4.69, 9.17) is 9.47 Å². The molecule has 1 unspecified atom stereocenters. The van der Waals surface area contributed by atoms with Crippen LogP contribution in [0, 0.1) is 0 Å². The highest BCUT2D eigenvalue weighted by molar-refractivity contribution is 5.77. The largest absolute Gasteiger partial charge is 0.497 e. The maximum Gasteiger partial charge on any atom is 0.434 e. The Balaban J connectivity index is 2.17. The molecule has 0 saturated heterocycles. The van der Waals surface area contributed by atoms with Crippen molar-refractivity contribution in [1.82, 2.24) is 0 Å². The molecular weight excluding hydrogens is 431 g/mol. The lowest BCUT2D eigenvalue weighted by molar-refractivity contribution is -0.344. The molecule has 1 heterocycles. The first-order valence-corrected chi connectivity index (χ1v) is 9.01. The number of hydrogen-bond acceptors (Lipinski definition) is 3. The van der Waals surface area contributed by atoms with Gasteiger partial charge in [-0.2, -0.15) is 26.3 Å². The highest BCUT2D eigenvalue weighted by atomic mass is 19.4. The van der Waals surface area contributed by atoms with Crippen LogP contribution in [0.2, 0.25) is 0 Å². The van der Waals surface area contributed by atoms with Crippen LogP contribution in [0.5, 0.6) is 11.5 Å². The van der Waals surface area contributed by atoms with Crippen molar-refractivity contribution in [1.29, 1.82) is 0 Å².